The minimum absolute atomic E-state index is 0. The van der Waals surface area contributed by atoms with E-state index in [1.807, 2.05) is 0 Å². The van der Waals surface area contributed by atoms with Gasteiger partial charge in [0.2, 0.25) is 15.9 Å². The first-order chi connectivity index (χ1) is 9.27. The summed E-state index contributed by atoms with van der Waals surface area (Å²) in [4.78, 5) is 11.8. The third-order valence-corrected chi connectivity index (χ3v) is 5.00. The maximum atomic E-state index is 12.2. The van der Waals surface area contributed by atoms with Crippen LogP contribution in [0.5, 0.6) is 0 Å². The Hall–Kier alpha value is -0.670. The van der Waals surface area contributed by atoms with Crippen molar-refractivity contribution in [2.24, 2.45) is 5.73 Å². The van der Waals surface area contributed by atoms with Gasteiger partial charge in [0.05, 0.1) is 11.4 Å². The van der Waals surface area contributed by atoms with Crippen molar-refractivity contribution < 1.29 is 13.2 Å². The summed E-state index contributed by atoms with van der Waals surface area (Å²) in [5.74, 6) is -0.383. The molecule has 21 heavy (non-hydrogen) atoms. The van der Waals surface area contributed by atoms with Crippen LogP contribution in [0.15, 0.2) is 33.6 Å². The number of sulfonamides is 1. The van der Waals surface area contributed by atoms with Crippen LogP contribution in [0.3, 0.4) is 0 Å². The number of hydrogen-bond donors (Lipinski definition) is 2. The molecule has 0 aliphatic heterocycles. The molecule has 1 atom stereocenters. The summed E-state index contributed by atoms with van der Waals surface area (Å²) in [6.07, 6.45) is 0. The number of carbonyl (C=O) groups is 1. The first-order valence-corrected chi connectivity index (χ1v) is 8.22. The van der Waals surface area contributed by atoms with Gasteiger partial charge in [0, 0.05) is 24.1 Å². The summed E-state index contributed by atoms with van der Waals surface area (Å²) in [6.45, 7) is 1.80. The number of halogens is 2. The highest BCUT2D eigenvalue weighted by molar-refractivity contribution is 9.10. The average molecular weight is 401 g/mol. The van der Waals surface area contributed by atoms with E-state index in [2.05, 4.69) is 21.2 Å². The first kappa shape index (κ1) is 20.3. The predicted octanol–water partition coefficient (Wildman–Crippen LogP) is 0.955. The minimum atomic E-state index is -3.67. The smallest absolute Gasteiger partial charge is 0.243 e. The Bertz CT molecular complexity index is 566. The van der Waals surface area contributed by atoms with Gasteiger partial charge in [-0.15, -0.1) is 12.4 Å². The summed E-state index contributed by atoms with van der Waals surface area (Å²) in [5.41, 5.74) is 5.39. The van der Waals surface area contributed by atoms with Crippen molar-refractivity contribution in [1.82, 2.24) is 9.62 Å². The monoisotopic (exact) mass is 399 g/mol. The number of likely N-dealkylation sites (N-methyl/N-ethyl adjacent to an activating group) is 1. The van der Waals surface area contributed by atoms with Crippen molar-refractivity contribution in [2.45, 2.75) is 17.9 Å². The normalized spacial score (nSPS) is 12.6. The zero-order valence-electron chi connectivity index (χ0n) is 11.7. The number of amides is 1. The molecule has 0 aliphatic rings. The quantitative estimate of drug-likeness (QED) is 0.744. The first-order valence-electron chi connectivity index (χ1n) is 5.98. The molecule has 1 aromatic rings. The molecule has 120 valence electrons. The third-order valence-electron chi connectivity index (χ3n) is 2.65. The van der Waals surface area contributed by atoms with Crippen molar-refractivity contribution >= 4 is 44.3 Å². The molecule has 0 radical (unpaired) electrons. The number of nitrogens with zero attached hydrogens (tertiary/aromatic N) is 1. The van der Waals surface area contributed by atoms with Gasteiger partial charge in [-0.3, -0.25) is 4.79 Å². The largest absolute Gasteiger partial charge is 0.351 e. The van der Waals surface area contributed by atoms with Gasteiger partial charge in [-0.25, -0.2) is 8.42 Å². The Morgan fingerprint density at radius 1 is 1.38 bits per heavy atom. The molecule has 0 aliphatic carbocycles. The lowest BCUT2D eigenvalue weighted by Gasteiger charge is -2.18. The van der Waals surface area contributed by atoms with Gasteiger partial charge in [0.25, 0.3) is 0 Å². The second-order valence-electron chi connectivity index (χ2n) is 4.42. The molecule has 6 nitrogen and oxygen atoms in total. The van der Waals surface area contributed by atoms with Crippen LogP contribution in [-0.2, 0) is 14.8 Å². The van der Waals surface area contributed by atoms with Crippen molar-refractivity contribution in [3.05, 3.63) is 28.7 Å². The molecule has 0 aromatic heterocycles. The number of nitrogens with one attached hydrogen (secondary N) is 1. The minimum Gasteiger partial charge on any atom is -0.351 e. The van der Waals surface area contributed by atoms with Crippen molar-refractivity contribution in [1.29, 1.82) is 0 Å². The fourth-order valence-corrected chi connectivity index (χ4v) is 2.84. The third kappa shape index (κ3) is 5.91. The van der Waals surface area contributed by atoms with Crippen LogP contribution < -0.4 is 11.1 Å². The lowest BCUT2D eigenvalue weighted by Crippen LogP contribution is -2.44. The molecule has 0 bridgehead atoms. The van der Waals surface area contributed by atoms with E-state index in [9.17, 15) is 13.2 Å². The zero-order valence-corrected chi connectivity index (χ0v) is 15.0. The Balaban J connectivity index is 0.00000400. The molecule has 9 heteroatoms. The zero-order chi connectivity index (χ0) is 15.3. The van der Waals surface area contributed by atoms with Gasteiger partial charge in [-0.1, -0.05) is 15.9 Å². The Kier molecular flexibility index (Phi) is 8.42. The standard InChI is InChI=1S/C12H18BrN3O3S.ClH/c1-9(7-14)15-12(17)8-16(2)20(18,19)11-5-3-10(13)4-6-11;/h3-6,9H,7-8,14H2,1-2H3,(H,15,17);1H/t9-;/m0./s1. The number of carbonyl (C=O) groups excluding carboxylic acids is 1. The molecule has 0 spiro atoms. The second-order valence-corrected chi connectivity index (χ2v) is 7.38. The number of hydrogen-bond acceptors (Lipinski definition) is 4. The van der Waals surface area contributed by atoms with Crippen LogP contribution in [0.25, 0.3) is 0 Å². The van der Waals surface area contributed by atoms with Gasteiger partial charge >= 0.3 is 0 Å². The van der Waals surface area contributed by atoms with Crippen LogP contribution in [0.2, 0.25) is 0 Å². The van der Waals surface area contributed by atoms with Gasteiger partial charge in [-0.05, 0) is 31.2 Å². The number of benzene rings is 1. The lowest BCUT2D eigenvalue weighted by atomic mass is 10.3. The van der Waals surface area contributed by atoms with E-state index in [0.717, 1.165) is 8.78 Å². The van der Waals surface area contributed by atoms with Crippen LogP contribution >= 0.6 is 28.3 Å². The highest BCUT2D eigenvalue weighted by Gasteiger charge is 2.23. The molecule has 0 saturated carbocycles. The Morgan fingerprint density at radius 2 is 1.90 bits per heavy atom. The van der Waals surface area contributed by atoms with E-state index in [0.29, 0.717) is 6.54 Å². The SMILES string of the molecule is C[C@@H](CN)NC(=O)CN(C)S(=O)(=O)c1ccc(Br)cc1.Cl. The molecule has 0 heterocycles. The maximum Gasteiger partial charge on any atom is 0.243 e. The van der Waals surface area contributed by atoms with Crippen molar-refractivity contribution in [3.8, 4) is 0 Å². The van der Waals surface area contributed by atoms with E-state index in [1.54, 1.807) is 19.1 Å². The molecule has 1 amide bonds. The highest BCUT2D eigenvalue weighted by Crippen LogP contribution is 2.17. The summed E-state index contributed by atoms with van der Waals surface area (Å²) >= 11 is 3.24. The molecule has 3 N–H and O–H groups in total. The van der Waals surface area contributed by atoms with Gasteiger partial charge < -0.3 is 11.1 Å². The fourth-order valence-electron chi connectivity index (χ4n) is 1.45. The van der Waals surface area contributed by atoms with E-state index in [-0.39, 0.29) is 35.8 Å². The molecular formula is C12H19BrClN3O3S. The summed E-state index contributed by atoms with van der Waals surface area (Å²) in [6, 6.07) is 6.05. The second kappa shape index (κ2) is 8.70. The van der Waals surface area contributed by atoms with E-state index in [1.165, 1.54) is 19.2 Å². The number of rotatable bonds is 6. The Labute approximate surface area is 139 Å². The van der Waals surface area contributed by atoms with E-state index >= 15 is 0 Å². The molecular weight excluding hydrogens is 382 g/mol. The molecule has 0 unspecified atom stereocenters. The highest BCUT2D eigenvalue weighted by atomic mass is 79.9. The van der Waals surface area contributed by atoms with Crippen LogP contribution in [0, 0.1) is 0 Å². The molecule has 0 fully saturated rings. The van der Waals surface area contributed by atoms with Gasteiger partial charge in [0.15, 0.2) is 0 Å². The van der Waals surface area contributed by atoms with Gasteiger partial charge in [-0.2, -0.15) is 4.31 Å². The summed E-state index contributed by atoms with van der Waals surface area (Å²) < 4.78 is 26.3. The van der Waals surface area contributed by atoms with Crippen molar-refractivity contribution in [2.75, 3.05) is 20.1 Å². The molecule has 0 saturated heterocycles. The van der Waals surface area contributed by atoms with Gasteiger partial charge in [0.1, 0.15) is 0 Å². The number of nitrogens with two attached hydrogens (primary N) is 1. The van der Waals surface area contributed by atoms with E-state index < -0.39 is 10.0 Å². The van der Waals surface area contributed by atoms with Crippen LogP contribution in [-0.4, -0.2) is 44.8 Å². The fraction of sp³-hybridized carbons (Fsp3) is 0.417. The summed E-state index contributed by atoms with van der Waals surface area (Å²) in [7, 11) is -2.31. The summed E-state index contributed by atoms with van der Waals surface area (Å²) in [5, 5.41) is 2.62. The van der Waals surface area contributed by atoms with E-state index in [4.69, 9.17) is 5.73 Å². The van der Waals surface area contributed by atoms with Crippen LogP contribution in [0.1, 0.15) is 6.92 Å². The molecule has 1 rings (SSSR count). The van der Waals surface area contributed by atoms with Crippen LogP contribution in [0.4, 0.5) is 0 Å². The maximum absolute atomic E-state index is 12.2. The topological polar surface area (TPSA) is 92.5 Å². The predicted molar refractivity (Wildman–Crippen MR) is 87.9 cm³/mol. The lowest BCUT2D eigenvalue weighted by molar-refractivity contribution is -0.121. The average Bonchev–Trinajstić information content (AvgIpc) is 2.38. The molecule has 1 aromatic carbocycles. The van der Waals surface area contributed by atoms with Crippen molar-refractivity contribution in [3.63, 3.8) is 0 Å². The Morgan fingerprint density at radius 3 is 2.38 bits per heavy atom.